The molecule has 0 atom stereocenters. The Kier molecular flexibility index (Phi) is 3.70. The average Bonchev–Trinajstić information content (AvgIpc) is 2.41. The van der Waals surface area contributed by atoms with Crippen LogP contribution in [0.1, 0.15) is 5.56 Å². The molecular weight excluding hydrogens is 254 g/mol. The van der Waals surface area contributed by atoms with Crippen LogP contribution in [0.15, 0.2) is 42.5 Å². The third-order valence-corrected chi connectivity index (χ3v) is 2.59. The van der Waals surface area contributed by atoms with Crippen molar-refractivity contribution < 1.29 is 13.7 Å². The minimum absolute atomic E-state index is 0.0255. The van der Waals surface area contributed by atoms with Gasteiger partial charge in [-0.25, -0.2) is 8.78 Å². The lowest BCUT2D eigenvalue weighted by Gasteiger charge is -2.07. The van der Waals surface area contributed by atoms with Gasteiger partial charge < -0.3 is 5.32 Å². The first kappa shape index (κ1) is 12.9. The largest absolute Gasteiger partial charge is 0.381 e. The molecule has 0 heterocycles. The summed E-state index contributed by atoms with van der Waals surface area (Å²) in [6, 6.07) is 9.63. The van der Waals surface area contributed by atoms with Gasteiger partial charge in [0.1, 0.15) is 0 Å². The summed E-state index contributed by atoms with van der Waals surface area (Å²) in [7, 11) is 0. The summed E-state index contributed by atoms with van der Waals surface area (Å²) in [6.07, 6.45) is 0. The zero-order valence-electron chi connectivity index (χ0n) is 9.77. The van der Waals surface area contributed by atoms with Crippen LogP contribution in [0.25, 0.3) is 0 Å². The number of halogens is 2. The highest BCUT2D eigenvalue weighted by Crippen LogP contribution is 2.17. The van der Waals surface area contributed by atoms with Crippen molar-refractivity contribution in [1.29, 1.82) is 0 Å². The molecule has 0 amide bonds. The maximum absolute atomic E-state index is 13.4. The van der Waals surface area contributed by atoms with Gasteiger partial charge >= 0.3 is 0 Å². The fourth-order valence-corrected chi connectivity index (χ4v) is 1.58. The Hall–Kier alpha value is -2.50. The van der Waals surface area contributed by atoms with E-state index in [9.17, 15) is 18.9 Å². The van der Waals surface area contributed by atoms with Crippen LogP contribution in [-0.4, -0.2) is 4.92 Å². The first-order chi connectivity index (χ1) is 9.08. The number of nitro groups is 1. The van der Waals surface area contributed by atoms with Crippen molar-refractivity contribution in [2.75, 3.05) is 5.32 Å². The Labute approximate surface area is 107 Å². The first-order valence-corrected chi connectivity index (χ1v) is 5.49. The van der Waals surface area contributed by atoms with Crippen LogP contribution in [0.3, 0.4) is 0 Å². The minimum atomic E-state index is -0.900. The van der Waals surface area contributed by atoms with Gasteiger partial charge in [-0.3, -0.25) is 10.1 Å². The summed E-state index contributed by atoms with van der Waals surface area (Å²) < 4.78 is 26.3. The third kappa shape index (κ3) is 3.04. The molecule has 0 fully saturated rings. The van der Waals surface area contributed by atoms with Gasteiger partial charge in [0.25, 0.3) is 5.69 Å². The van der Waals surface area contributed by atoms with E-state index < -0.39 is 16.6 Å². The molecule has 19 heavy (non-hydrogen) atoms. The van der Waals surface area contributed by atoms with Gasteiger partial charge in [0, 0.05) is 29.9 Å². The molecular formula is C13H10F2N2O2. The van der Waals surface area contributed by atoms with Crippen LogP contribution in [0.5, 0.6) is 0 Å². The highest BCUT2D eigenvalue weighted by Gasteiger charge is 2.08. The van der Waals surface area contributed by atoms with E-state index in [1.807, 2.05) is 0 Å². The second kappa shape index (κ2) is 5.43. The zero-order valence-corrected chi connectivity index (χ0v) is 9.77. The van der Waals surface area contributed by atoms with Crippen molar-refractivity contribution in [2.24, 2.45) is 0 Å². The van der Waals surface area contributed by atoms with Gasteiger partial charge in [0.15, 0.2) is 11.6 Å². The van der Waals surface area contributed by atoms with Gasteiger partial charge in [0.2, 0.25) is 0 Å². The monoisotopic (exact) mass is 264 g/mol. The molecule has 1 N–H and O–H groups in total. The molecule has 98 valence electrons. The minimum Gasteiger partial charge on any atom is -0.381 e. The topological polar surface area (TPSA) is 55.2 Å². The normalized spacial score (nSPS) is 10.2. The molecule has 4 nitrogen and oxygen atoms in total. The van der Waals surface area contributed by atoms with Gasteiger partial charge in [0.05, 0.1) is 4.92 Å². The van der Waals surface area contributed by atoms with E-state index in [1.165, 1.54) is 36.4 Å². The highest BCUT2D eigenvalue weighted by atomic mass is 19.2. The van der Waals surface area contributed by atoms with Crippen molar-refractivity contribution in [3.63, 3.8) is 0 Å². The standard InChI is InChI=1S/C13H10F2N2O2/c14-12-3-1-2-9(13(12)15)8-16-10-4-6-11(7-5-10)17(18)19/h1-7,16H,8H2. The second-order valence-corrected chi connectivity index (χ2v) is 3.87. The second-order valence-electron chi connectivity index (χ2n) is 3.87. The zero-order chi connectivity index (χ0) is 13.8. The van der Waals surface area contributed by atoms with Crippen molar-refractivity contribution in [3.8, 4) is 0 Å². The molecule has 0 aliphatic heterocycles. The first-order valence-electron chi connectivity index (χ1n) is 5.49. The van der Waals surface area contributed by atoms with E-state index in [4.69, 9.17) is 0 Å². The lowest BCUT2D eigenvalue weighted by Crippen LogP contribution is -2.03. The quantitative estimate of drug-likeness (QED) is 0.679. The number of hydrogen-bond donors (Lipinski definition) is 1. The molecule has 0 saturated carbocycles. The van der Waals surface area contributed by atoms with Crippen molar-refractivity contribution in [2.45, 2.75) is 6.54 Å². The predicted molar refractivity (Wildman–Crippen MR) is 66.8 cm³/mol. The smallest absolute Gasteiger partial charge is 0.269 e. The molecule has 0 saturated heterocycles. The molecule has 0 bridgehead atoms. The van der Waals surface area contributed by atoms with Crippen LogP contribution in [0.4, 0.5) is 20.2 Å². The molecule has 0 spiro atoms. The maximum Gasteiger partial charge on any atom is 0.269 e. The van der Waals surface area contributed by atoms with Crippen LogP contribution in [0, 0.1) is 21.7 Å². The van der Waals surface area contributed by atoms with Crippen LogP contribution in [0.2, 0.25) is 0 Å². The molecule has 2 aromatic rings. The fraction of sp³-hybridized carbons (Fsp3) is 0.0769. The van der Waals surface area contributed by atoms with Gasteiger partial charge in [-0.15, -0.1) is 0 Å². The van der Waals surface area contributed by atoms with E-state index in [2.05, 4.69) is 5.32 Å². The summed E-state index contributed by atoms with van der Waals surface area (Å²) in [4.78, 5) is 9.96. The molecule has 2 aromatic carbocycles. The van der Waals surface area contributed by atoms with Crippen molar-refractivity contribution in [1.82, 2.24) is 0 Å². The third-order valence-electron chi connectivity index (χ3n) is 2.59. The average molecular weight is 264 g/mol. The van der Waals surface area contributed by atoms with Crippen LogP contribution < -0.4 is 5.32 Å². The molecule has 0 unspecified atom stereocenters. The number of hydrogen-bond acceptors (Lipinski definition) is 3. The maximum atomic E-state index is 13.4. The van der Waals surface area contributed by atoms with Crippen molar-refractivity contribution >= 4 is 11.4 Å². The van der Waals surface area contributed by atoms with E-state index in [1.54, 1.807) is 0 Å². The van der Waals surface area contributed by atoms with Crippen LogP contribution >= 0.6 is 0 Å². The molecule has 0 aliphatic rings. The summed E-state index contributed by atoms with van der Waals surface area (Å²) >= 11 is 0. The number of nitrogens with one attached hydrogen (secondary N) is 1. The number of non-ortho nitro benzene ring substituents is 1. The Balaban J connectivity index is 2.06. The number of benzene rings is 2. The predicted octanol–water partition coefficient (Wildman–Crippen LogP) is 3.49. The fourth-order valence-electron chi connectivity index (χ4n) is 1.58. The SMILES string of the molecule is O=[N+]([O-])c1ccc(NCc2cccc(F)c2F)cc1. The lowest BCUT2D eigenvalue weighted by atomic mass is 10.2. The Morgan fingerprint density at radius 1 is 1.11 bits per heavy atom. The van der Waals surface area contributed by atoms with E-state index in [0.29, 0.717) is 5.69 Å². The Morgan fingerprint density at radius 2 is 1.79 bits per heavy atom. The number of rotatable bonds is 4. The number of nitro benzene ring substituents is 1. The number of nitrogens with zero attached hydrogens (tertiary/aromatic N) is 1. The van der Waals surface area contributed by atoms with Crippen molar-refractivity contribution in [3.05, 3.63) is 69.8 Å². The highest BCUT2D eigenvalue weighted by molar-refractivity contribution is 5.48. The summed E-state index contributed by atoms with van der Waals surface area (Å²) in [5, 5.41) is 13.3. The molecule has 6 heteroatoms. The Bertz CT molecular complexity index is 600. The summed E-state index contributed by atoms with van der Waals surface area (Å²) in [6.45, 7) is 0.0986. The molecule has 2 rings (SSSR count). The van der Waals surface area contributed by atoms with E-state index >= 15 is 0 Å². The van der Waals surface area contributed by atoms with Gasteiger partial charge in [-0.1, -0.05) is 12.1 Å². The lowest BCUT2D eigenvalue weighted by molar-refractivity contribution is -0.384. The molecule has 0 aliphatic carbocycles. The Morgan fingerprint density at radius 3 is 2.42 bits per heavy atom. The van der Waals surface area contributed by atoms with Gasteiger partial charge in [-0.2, -0.15) is 0 Å². The van der Waals surface area contributed by atoms with Gasteiger partial charge in [-0.05, 0) is 18.2 Å². The van der Waals surface area contributed by atoms with E-state index in [0.717, 1.165) is 6.07 Å². The molecule has 0 radical (unpaired) electrons. The van der Waals surface area contributed by atoms with E-state index in [-0.39, 0.29) is 17.8 Å². The summed E-state index contributed by atoms with van der Waals surface area (Å²) in [5.74, 6) is -1.79. The number of anilines is 1. The molecule has 0 aromatic heterocycles. The van der Waals surface area contributed by atoms with Crippen LogP contribution in [-0.2, 0) is 6.54 Å². The summed E-state index contributed by atoms with van der Waals surface area (Å²) in [5.41, 5.74) is 0.759.